The first-order valence-corrected chi connectivity index (χ1v) is 14.0. The monoisotopic (exact) mass is 601 g/mol. The lowest BCUT2D eigenvalue weighted by Crippen LogP contribution is -2.57. The average Bonchev–Trinajstić information content (AvgIpc) is 3.41. The SMILES string of the molecule is CC(NC(=O)C(N)Cc1ccc(O)cc1)C(=O)NC(Cc1c[nH]c2ccccc12)C(=O)NC(Cc1ccc(O)cc1)C(=O)O. The second-order valence-corrected chi connectivity index (χ2v) is 10.6. The van der Waals surface area contributed by atoms with Gasteiger partial charge in [-0.25, -0.2) is 4.79 Å². The van der Waals surface area contributed by atoms with Crippen LogP contribution in [-0.2, 0) is 38.4 Å². The van der Waals surface area contributed by atoms with E-state index in [1.165, 1.54) is 31.2 Å². The van der Waals surface area contributed by atoms with E-state index in [1.807, 2.05) is 24.3 Å². The predicted molar refractivity (Wildman–Crippen MR) is 163 cm³/mol. The molecule has 4 aromatic rings. The fourth-order valence-electron chi connectivity index (χ4n) is 4.73. The number of aliphatic carboxylic acids is 1. The summed E-state index contributed by atoms with van der Waals surface area (Å²) >= 11 is 0. The van der Waals surface area contributed by atoms with Crippen molar-refractivity contribution in [3.8, 4) is 11.5 Å². The van der Waals surface area contributed by atoms with E-state index in [2.05, 4.69) is 20.9 Å². The number of aromatic amines is 1. The molecule has 9 N–H and O–H groups in total. The number of carbonyl (C=O) groups excluding carboxylic acids is 3. The number of para-hydroxylation sites is 1. The van der Waals surface area contributed by atoms with Crippen LogP contribution in [0.4, 0.5) is 0 Å². The maximum absolute atomic E-state index is 13.5. The van der Waals surface area contributed by atoms with Gasteiger partial charge in [-0.2, -0.15) is 0 Å². The first-order chi connectivity index (χ1) is 21.0. The molecule has 4 atom stereocenters. The lowest BCUT2D eigenvalue weighted by Gasteiger charge is -2.24. The Morgan fingerprint density at radius 1 is 0.727 bits per heavy atom. The molecule has 1 heterocycles. The Labute approximate surface area is 253 Å². The first-order valence-electron chi connectivity index (χ1n) is 14.0. The van der Waals surface area contributed by atoms with Crippen LogP contribution in [0.5, 0.6) is 11.5 Å². The van der Waals surface area contributed by atoms with Crippen molar-refractivity contribution in [3.63, 3.8) is 0 Å². The molecule has 4 unspecified atom stereocenters. The Balaban J connectivity index is 1.47. The minimum atomic E-state index is -1.32. The summed E-state index contributed by atoms with van der Waals surface area (Å²) in [4.78, 5) is 54.7. The molecule has 0 aliphatic rings. The number of phenols is 2. The maximum atomic E-state index is 13.5. The highest BCUT2D eigenvalue weighted by atomic mass is 16.4. The standard InChI is InChI=1S/C32H35N5O7/c1-18(35-30(41)25(33)14-19-6-10-22(38)11-7-19)29(40)36-27(16-21-17-34-26-5-3-2-4-24(21)26)31(42)37-28(32(43)44)15-20-8-12-23(39)13-9-20/h2-13,17-18,25,27-28,34,38-39H,14-16,33H2,1H3,(H,35,41)(H,36,40)(H,37,42)(H,43,44). The smallest absolute Gasteiger partial charge is 0.326 e. The summed E-state index contributed by atoms with van der Waals surface area (Å²) in [5.74, 6) is -3.14. The molecule has 3 aromatic carbocycles. The Bertz CT molecular complexity index is 1620. The summed E-state index contributed by atoms with van der Waals surface area (Å²) in [5, 5.41) is 37.4. The van der Waals surface area contributed by atoms with Crippen LogP contribution >= 0.6 is 0 Å². The molecule has 44 heavy (non-hydrogen) atoms. The summed E-state index contributed by atoms with van der Waals surface area (Å²) in [6.07, 6.45) is 1.87. The fourth-order valence-corrected chi connectivity index (χ4v) is 4.73. The number of benzene rings is 3. The number of aromatic nitrogens is 1. The van der Waals surface area contributed by atoms with E-state index >= 15 is 0 Å². The molecule has 0 bridgehead atoms. The van der Waals surface area contributed by atoms with Gasteiger partial charge in [0.1, 0.15) is 29.6 Å². The topological polar surface area (TPSA) is 207 Å². The van der Waals surface area contributed by atoms with Gasteiger partial charge in [0, 0.05) is 29.9 Å². The Morgan fingerprint density at radius 2 is 1.30 bits per heavy atom. The van der Waals surface area contributed by atoms with E-state index in [4.69, 9.17) is 5.73 Å². The van der Waals surface area contributed by atoms with Gasteiger partial charge in [0.25, 0.3) is 0 Å². The lowest BCUT2D eigenvalue weighted by molar-refractivity contribution is -0.142. The third-order valence-electron chi connectivity index (χ3n) is 7.20. The number of nitrogens with two attached hydrogens (primary N) is 1. The number of carboxylic acid groups (broad SMARTS) is 1. The minimum Gasteiger partial charge on any atom is -0.508 e. The zero-order chi connectivity index (χ0) is 31.8. The highest BCUT2D eigenvalue weighted by Gasteiger charge is 2.30. The number of hydrogen-bond donors (Lipinski definition) is 8. The van der Waals surface area contributed by atoms with Crippen molar-refractivity contribution in [3.05, 3.63) is 95.7 Å². The number of fused-ring (bicyclic) bond motifs is 1. The molecule has 3 amide bonds. The molecule has 4 rings (SSSR count). The van der Waals surface area contributed by atoms with Gasteiger partial charge in [0.05, 0.1) is 6.04 Å². The minimum absolute atomic E-state index is 0.0219. The van der Waals surface area contributed by atoms with Crippen LogP contribution in [0.2, 0.25) is 0 Å². The van der Waals surface area contributed by atoms with Crippen molar-refractivity contribution >= 4 is 34.6 Å². The highest BCUT2D eigenvalue weighted by Crippen LogP contribution is 2.20. The van der Waals surface area contributed by atoms with Crippen molar-refractivity contribution in [2.24, 2.45) is 5.73 Å². The number of H-pyrrole nitrogens is 1. The van der Waals surface area contributed by atoms with E-state index in [9.17, 15) is 34.5 Å². The van der Waals surface area contributed by atoms with Crippen molar-refractivity contribution in [1.29, 1.82) is 0 Å². The normalized spacial score (nSPS) is 13.8. The van der Waals surface area contributed by atoms with Crippen LogP contribution in [-0.4, -0.2) is 68.2 Å². The van der Waals surface area contributed by atoms with E-state index in [0.29, 0.717) is 5.56 Å². The molecular formula is C32H35N5O7. The predicted octanol–water partition coefficient (Wildman–Crippen LogP) is 1.49. The van der Waals surface area contributed by atoms with Gasteiger partial charge < -0.3 is 42.0 Å². The molecule has 0 radical (unpaired) electrons. The molecule has 0 fully saturated rings. The van der Waals surface area contributed by atoms with Gasteiger partial charge in [-0.15, -0.1) is 0 Å². The zero-order valence-corrected chi connectivity index (χ0v) is 24.0. The number of hydrogen-bond acceptors (Lipinski definition) is 7. The quantitative estimate of drug-likeness (QED) is 0.112. The van der Waals surface area contributed by atoms with E-state index in [0.717, 1.165) is 22.0 Å². The lowest BCUT2D eigenvalue weighted by atomic mass is 10.0. The van der Waals surface area contributed by atoms with Gasteiger partial charge in [-0.05, 0) is 60.4 Å². The van der Waals surface area contributed by atoms with Gasteiger partial charge in [0.15, 0.2) is 0 Å². The van der Waals surface area contributed by atoms with Crippen molar-refractivity contribution < 1.29 is 34.5 Å². The number of rotatable bonds is 13. The summed E-state index contributed by atoms with van der Waals surface area (Å²) in [5.41, 5.74) is 8.88. The molecule has 230 valence electrons. The van der Waals surface area contributed by atoms with E-state index in [1.54, 1.807) is 30.5 Å². The molecule has 0 spiro atoms. The van der Waals surface area contributed by atoms with Gasteiger partial charge in [-0.3, -0.25) is 14.4 Å². The summed E-state index contributed by atoms with van der Waals surface area (Å²) < 4.78 is 0. The van der Waals surface area contributed by atoms with Crippen LogP contribution in [0, 0.1) is 0 Å². The number of aromatic hydroxyl groups is 2. The molecule has 12 heteroatoms. The molecular weight excluding hydrogens is 566 g/mol. The first kappa shape index (κ1) is 31.6. The number of phenolic OH excluding ortho intramolecular Hbond substituents is 2. The maximum Gasteiger partial charge on any atom is 0.326 e. The third-order valence-corrected chi connectivity index (χ3v) is 7.20. The Hall–Kier alpha value is -5.36. The Kier molecular flexibility index (Phi) is 10.2. The third kappa shape index (κ3) is 8.35. The molecule has 0 saturated carbocycles. The summed E-state index contributed by atoms with van der Waals surface area (Å²) in [6.45, 7) is 1.45. The van der Waals surface area contributed by atoms with Crippen LogP contribution in [0.15, 0.2) is 79.0 Å². The van der Waals surface area contributed by atoms with E-state index < -0.39 is 47.9 Å². The van der Waals surface area contributed by atoms with Crippen molar-refractivity contribution in [2.45, 2.75) is 50.4 Å². The summed E-state index contributed by atoms with van der Waals surface area (Å²) in [6, 6.07) is 15.1. The van der Waals surface area contributed by atoms with Crippen LogP contribution in [0.1, 0.15) is 23.6 Å². The number of carbonyl (C=O) groups is 4. The van der Waals surface area contributed by atoms with Crippen LogP contribution in [0.25, 0.3) is 10.9 Å². The highest BCUT2D eigenvalue weighted by molar-refractivity contribution is 5.94. The fraction of sp³-hybridized carbons (Fsp3) is 0.250. The number of amides is 3. The number of carboxylic acids is 1. The largest absolute Gasteiger partial charge is 0.508 e. The van der Waals surface area contributed by atoms with Gasteiger partial charge in [0.2, 0.25) is 17.7 Å². The second-order valence-electron chi connectivity index (χ2n) is 10.6. The van der Waals surface area contributed by atoms with Crippen molar-refractivity contribution in [1.82, 2.24) is 20.9 Å². The zero-order valence-electron chi connectivity index (χ0n) is 24.0. The van der Waals surface area contributed by atoms with Crippen LogP contribution < -0.4 is 21.7 Å². The molecule has 0 aliphatic heterocycles. The van der Waals surface area contributed by atoms with Gasteiger partial charge in [-0.1, -0.05) is 42.5 Å². The van der Waals surface area contributed by atoms with E-state index in [-0.39, 0.29) is 30.8 Å². The van der Waals surface area contributed by atoms with Crippen LogP contribution in [0.3, 0.4) is 0 Å². The molecule has 0 saturated heterocycles. The summed E-state index contributed by atoms with van der Waals surface area (Å²) in [7, 11) is 0. The van der Waals surface area contributed by atoms with Gasteiger partial charge >= 0.3 is 5.97 Å². The van der Waals surface area contributed by atoms with Crippen molar-refractivity contribution in [2.75, 3.05) is 0 Å². The molecule has 0 aliphatic carbocycles. The molecule has 12 nitrogen and oxygen atoms in total. The molecule has 1 aromatic heterocycles. The average molecular weight is 602 g/mol. The second kappa shape index (κ2) is 14.2. The Morgan fingerprint density at radius 3 is 1.91 bits per heavy atom. The number of nitrogens with one attached hydrogen (secondary N) is 4.